The molecule has 0 aliphatic carbocycles. The van der Waals surface area contributed by atoms with Gasteiger partial charge in [-0.1, -0.05) is 11.6 Å². The standard InChI is InChI=1S/C10H14ClN3OS2/c1-3-12-10(15)14-6-13(4-2)7-5-8(11)16-9(7)17-14/h5H,3-4,6H2,1-2H3,(H,12,15). The summed E-state index contributed by atoms with van der Waals surface area (Å²) in [5.74, 6) is 0. The molecule has 0 radical (unpaired) electrons. The van der Waals surface area contributed by atoms with Crippen molar-refractivity contribution in [2.75, 3.05) is 24.7 Å². The van der Waals surface area contributed by atoms with E-state index in [4.69, 9.17) is 11.6 Å². The normalized spacial score (nSPS) is 14.8. The van der Waals surface area contributed by atoms with E-state index in [1.54, 1.807) is 4.31 Å². The molecule has 1 aromatic rings. The lowest BCUT2D eigenvalue weighted by atomic mass is 10.4. The summed E-state index contributed by atoms with van der Waals surface area (Å²) in [5, 5.41) is 2.81. The van der Waals surface area contributed by atoms with E-state index in [2.05, 4.69) is 17.1 Å². The molecule has 1 N–H and O–H groups in total. The highest BCUT2D eigenvalue weighted by molar-refractivity contribution is 7.99. The van der Waals surface area contributed by atoms with Gasteiger partial charge in [0.05, 0.1) is 10.0 Å². The first-order chi connectivity index (χ1) is 8.15. The summed E-state index contributed by atoms with van der Waals surface area (Å²) >= 11 is 8.99. The van der Waals surface area contributed by atoms with E-state index in [0.29, 0.717) is 13.2 Å². The molecule has 17 heavy (non-hydrogen) atoms. The predicted molar refractivity (Wildman–Crippen MR) is 74.0 cm³/mol. The van der Waals surface area contributed by atoms with Gasteiger partial charge in [-0.2, -0.15) is 0 Å². The Morgan fingerprint density at radius 2 is 2.35 bits per heavy atom. The number of carbonyl (C=O) groups excluding carboxylic acids is 1. The van der Waals surface area contributed by atoms with Gasteiger partial charge in [-0.05, 0) is 19.9 Å². The highest BCUT2D eigenvalue weighted by atomic mass is 35.5. The Bertz CT molecular complexity index is 424. The van der Waals surface area contributed by atoms with Crippen LogP contribution in [0.15, 0.2) is 10.3 Å². The Labute approximate surface area is 114 Å². The van der Waals surface area contributed by atoms with Crippen LogP contribution in [0, 0.1) is 0 Å². The largest absolute Gasteiger partial charge is 0.351 e. The van der Waals surface area contributed by atoms with Gasteiger partial charge in [-0.15, -0.1) is 11.3 Å². The van der Waals surface area contributed by atoms with Gasteiger partial charge in [0.25, 0.3) is 0 Å². The van der Waals surface area contributed by atoms with Crippen molar-refractivity contribution in [1.82, 2.24) is 9.62 Å². The molecule has 94 valence electrons. The number of carbonyl (C=O) groups is 1. The molecule has 7 heteroatoms. The average molecular weight is 292 g/mol. The summed E-state index contributed by atoms with van der Waals surface area (Å²) in [4.78, 5) is 14.0. The summed E-state index contributed by atoms with van der Waals surface area (Å²) in [5.41, 5.74) is 1.13. The molecule has 0 bridgehead atoms. The summed E-state index contributed by atoms with van der Waals surface area (Å²) < 4.78 is 3.57. The number of halogens is 1. The molecule has 1 aliphatic rings. The van der Waals surface area contributed by atoms with Crippen LogP contribution < -0.4 is 10.2 Å². The zero-order valence-corrected chi connectivity index (χ0v) is 12.1. The minimum atomic E-state index is -0.0499. The van der Waals surface area contributed by atoms with Crippen molar-refractivity contribution in [1.29, 1.82) is 0 Å². The molecule has 0 saturated heterocycles. The van der Waals surface area contributed by atoms with Gasteiger partial charge in [-0.25, -0.2) is 9.10 Å². The molecule has 2 heterocycles. The van der Waals surface area contributed by atoms with Gasteiger partial charge >= 0.3 is 6.03 Å². The molecule has 1 aliphatic heterocycles. The van der Waals surface area contributed by atoms with Gasteiger partial charge in [0.1, 0.15) is 10.9 Å². The molecule has 4 nitrogen and oxygen atoms in total. The number of thiophene rings is 1. The number of amides is 2. The van der Waals surface area contributed by atoms with Crippen molar-refractivity contribution in [3.8, 4) is 0 Å². The van der Waals surface area contributed by atoms with Gasteiger partial charge in [-0.3, -0.25) is 0 Å². The molecule has 0 unspecified atom stereocenters. The molecular formula is C10H14ClN3OS2. The number of nitrogens with one attached hydrogen (secondary N) is 1. The maximum Gasteiger partial charge on any atom is 0.329 e. The summed E-state index contributed by atoms with van der Waals surface area (Å²) in [7, 11) is 0. The van der Waals surface area contributed by atoms with Crippen molar-refractivity contribution >= 4 is 46.6 Å². The van der Waals surface area contributed by atoms with E-state index in [1.807, 2.05) is 13.0 Å². The van der Waals surface area contributed by atoms with Gasteiger partial charge in [0.15, 0.2) is 0 Å². The fourth-order valence-corrected chi connectivity index (χ4v) is 4.23. The van der Waals surface area contributed by atoms with Crippen LogP contribution in [-0.2, 0) is 0 Å². The molecule has 0 atom stereocenters. The summed E-state index contributed by atoms with van der Waals surface area (Å²) in [6.07, 6.45) is 0. The maximum absolute atomic E-state index is 11.8. The van der Waals surface area contributed by atoms with Crippen LogP contribution in [0.5, 0.6) is 0 Å². The van der Waals surface area contributed by atoms with Crippen LogP contribution in [0.25, 0.3) is 0 Å². The minimum absolute atomic E-state index is 0.0499. The lowest BCUT2D eigenvalue weighted by molar-refractivity contribution is 0.226. The smallest absolute Gasteiger partial charge is 0.329 e. The van der Waals surface area contributed by atoms with Gasteiger partial charge in [0.2, 0.25) is 0 Å². The highest BCUT2D eigenvalue weighted by Crippen LogP contribution is 2.45. The van der Waals surface area contributed by atoms with Crippen molar-refractivity contribution in [3.63, 3.8) is 0 Å². The SMILES string of the molecule is CCNC(=O)N1CN(CC)c2cc(Cl)sc2S1. The Morgan fingerprint density at radius 1 is 1.59 bits per heavy atom. The fourth-order valence-electron chi connectivity index (χ4n) is 1.60. The monoisotopic (exact) mass is 291 g/mol. The van der Waals surface area contributed by atoms with E-state index in [-0.39, 0.29) is 6.03 Å². The summed E-state index contributed by atoms with van der Waals surface area (Å²) in [6.45, 7) is 6.07. The first-order valence-electron chi connectivity index (χ1n) is 5.43. The van der Waals surface area contributed by atoms with Crippen molar-refractivity contribution in [2.24, 2.45) is 0 Å². The average Bonchev–Trinajstić information content (AvgIpc) is 2.68. The van der Waals surface area contributed by atoms with Crippen LogP contribution in [-0.4, -0.2) is 30.1 Å². The van der Waals surface area contributed by atoms with Crippen LogP contribution in [0.4, 0.5) is 10.5 Å². The zero-order valence-electron chi connectivity index (χ0n) is 9.70. The van der Waals surface area contributed by atoms with Crippen LogP contribution >= 0.6 is 34.9 Å². The van der Waals surface area contributed by atoms with Crippen LogP contribution in [0.1, 0.15) is 13.8 Å². The molecule has 0 saturated carbocycles. The molecule has 0 spiro atoms. The van der Waals surface area contributed by atoms with Crippen LogP contribution in [0.2, 0.25) is 4.34 Å². The van der Waals surface area contributed by atoms with Gasteiger partial charge in [0, 0.05) is 25.0 Å². The second-order valence-electron chi connectivity index (χ2n) is 3.53. The first kappa shape index (κ1) is 12.9. The Hall–Kier alpha value is -0.590. The zero-order chi connectivity index (χ0) is 12.4. The Morgan fingerprint density at radius 3 is 3.00 bits per heavy atom. The van der Waals surface area contributed by atoms with Crippen molar-refractivity contribution in [2.45, 2.75) is 18.1 Å². The number of hydrogen-bond donors (Lipinski definition) is 1. The molecule has 2 rings (SSSR count). The molecule has 2 amide bonds. The lowest BCUT2D eigenvalue weighted by Gasteiger charge is -2.34. The number of urea groups is 1. The number of nitrogens with zero attached hydrogens (tertiary/aromatic N) is 2. The third-order valence-electron chi connectivity index (χ3n) is 2.42. The molecular weight excluding hydrogens is 278 g/mol. The van der Waals surface area contributed by atoms with E-state index in [1.165, 1.54) is 23.3 Å². The number of rotatable bonds is 2. The first-order valence-corrected chi connectivity index (χ1v) is 7.40. The van der Waals surface area contributed by atoms with E-state index in [9.17, 15) is 4.79 Å². The van der Waals surface area contributed by atoms with E-state index >= 15 is 0 Å². The Kier molecular flexibility index (Phi) is 4.06. The lowest BCUT2D eigenvalue weighted by Crippen LogP contribution is -2.44. The molecule has 0 fully saturated rings. The van der Waals surface area contributed by atoms with Crippen molar-refractivity contribution < 1.29 is 4.79 Å². The second-order valence-corrected chi connectivity index (χ2v) is 6.50. The Balaban J connectivity index is 2.20. The minimum Gasteiger partial charge on any atom is -0.351 e. The number of hydrogen-bond acceptors (Lipinski definition) is 4. The van der Waals surface area contributed by atoms with Crippen LogP contribution in [0.3, 0.4) is 0 Å². The molecule has 0 aromatic carbocycles. The highest BCUT2D eigenvalue weighted by Gasteiger charge is 2.27. The topological polar surface area (TPSA) is 35.6 Å². The van der Waals surface area contributed by atoms with E-state index in [0.717, 1.165) is 20.8 Å². The third kappa shape index (κ3) is 2.64. The van der Waals surface area contributed by atoms with Gasteiger partial charge < -0.3 is 10.2 Å². The number of fused-ring (bicyclic) bond motifs is 1. The van der Waals surface area contributed by atoms with Crippen molar-refractivity contribution in [3.05, 3.63) is 10.4 Å². The quantitative estimate of drug-likeness (QED) is 0.850. The third-order valence-corrected chi connectivity index (χ3v) is 4.82. The predicted octanol–water partition coefficient (Wildman–Crippen LogP) is 3.24. The van der Waals surface area contributed by atoms with E-state index < -0.39 is 0 Å². The number of anilines is 1. The summed E-state index contributed by atoms with van der Waals surface area (Å²) in [6, 6.07) is 1.92. The molecule has 1 aromatic heterocycles. The fraction of sp³-hybridized carbons (Fsp3) is 0.500. The maximum atomic E-state index is 11.8. The second kappa shape index (κ2) is 5.37.